The fraction of sp³-hybridized carbons (Fsp3) is 0.500. The fourth-order valence-corrected chi connectivity index (χ4v) is 3.71. The maximum Gasteiger partial charge on any atom is 0.224 e. The monoisotopic (exact) mass is 325 g/mol. The van der Waals surface area contributed by atoms with E-state index in [0.29, 0.717) is 11.8 Å². The molecule has 0 aliphatic heterocycles. The molecule has 130 valence electrons. The molecule has 0 aromatic heterocycles. The van der Waals surface area contributed by atoms with Gasteiger partial charge in [0.05, 0.1) is 12.0 Å². The van der Waals surface area contributed by atoms with Crippen LogP contribution in [0.3, 0.4) is 0 Å². The number of hydrogen-bond donors (Lipinski definition) is 1. The molecular formula is C22H31NO. The van der Waals surface area contributed by atoms with E-state index in [0.717, 1.165) is 24.8 Å². The van der Waals surface area contributed by atoms with Crippen molar-refractivity contribution in [3.63, 3.8) is 0 Å². The minimum absolute atomic E-state index is 0.0425. The number of rotatable bonds is 7. The van der Waals surface area contributed by atoms with Crippen LogP contribution in [0.2, 0.25) is 0 Å². The van der Waals surface area contributed by atoms with Crippen molar-refractivity contribution in [3.05, 3.63) is 59.8 Å². The number of fused-ring (bicyclic) bond motifs is 2. The van der Waals surface area contributed by atoms with Gasteiger partial charge >= 0.3 is 0 Å². The van der Waals surface area contributed by atoms with Crippen LogP contribution in [0.4, 0.5) is 0 Å². The first-order valence-corrected chi connectivity index (χ1v) is 9.17. The molecule has 1 amide bonds. The van der Waals surface area contributed by atoms with Gasteiger partial charge in [0, 0.05) is 0 Å². The second kappa shape index (κ2) is 8.32. The van der Waals surface area contributed by atoms with Crippen LogP contribution < -0.4 is 5.32 Å². The first-order valence-electron chi connectivity index (χ1n) is 9.17. The number of allylic oxidation sites excluding steroid dienone is 7. The normalized spacial score (nSPS) is 27.2. The Morgan fingerprint density at radius 3 is 2.83 bits per heavy atom. The second-order valence-electron chi connectivity index (χ2n) is 7.06. The van der Waals surface area contributed by atoms with E-state index in [9.17, 15) is 4.79 Å². The average molecular weight is 325 g/mol. The van der Waals surface area contributed by atoms with Crippen molar-refractivity contribution in [1.29, 1.82) is 0 Å². The van der Waals surface area contributed by atoms with Crippen molar-refractivity contribution in [2.75, 3.05) is 0 Å². The summed E-state index contributed by atoms with van der Waals surface area (Å²) in [6.07, 6.45) is 16.0. The number of carbonyl (C=O) groups is 1. The Balaban J connectivity index is 1.94. The third-order valence-electron chi connectivity index (χ3n) is 5.36. The Morgan fingerprint density at radius 1 is 1.46 bits per heavy atom. The fourth-order valence-electron chi connectivity index (χ4n) is 3.71. The molecule has 0 heterocycles. The largest absolute Gasteiger partial charge is 0.349 e. The molecule has 2 bridgehead atoms. The highest BCUT2D eigenvalue weighted by atomic mass is 16.2. The lowest BCUT2D eigenvalue weighted by Crippen LogP contribution is -2.40. The lowest BCUT2D eigenvalue weighted by Gasteiger charge is -2.22. The zero-order chi connectivity index (χ0) is 17.7. The van der Waals surface area contributed by atoms with Gasteiger partial charge in [-0.15, -0.1) is 0 Å². The van der Waals surface area contributed by atoms with Crippen LogP contribution >= 0.6 is 0 Å². The van der Waals surface area contributed by atoms with E-state index >= 15 is 0 Å². The van der Waals surface area contributed by atoms with E-state index in [1.165, 1.54) is 11.1 Å². The maximum absolute atomic E-state index is 12.8. The summed E-state index contributed by atoms with van der Waals surface area (Å²) in [5.41, 5.74) is 3.67. The Morgan fingerprint density at radius 2 is 2.21 bits per heavy atom. The van der Waals surface area contributed by atoms with Crippen LogP contribution in [-0.2, 0) is 4.79 Å². The van der Waals surface area contributed by atoms with Gasteiger partial charge in [-0.2, -0.15) is 0 Å². The summed E-state index contributed by atoms with van der Waals surface area (Å²) in [5, 5.41) is 3.17. The summed E-state index contributed by atoms with van der Waals surface area (Å²) >= 11 is 0. The highest BCUT2D eigenvalue weighted by molar-refractivity contribution is 5.81. The summed E-state index contributed by atoms with van der Waals surface area (Å²) in [4.78, 5) is 12.8. The van der Waals surface area contributed by atoms with Gasteiger partial charge in [0.15, 0.2) is 0 Å². The lowest BCUT2D eigenvalue weighted by atomic mass is 9.89. The molecular weight excluding hydrogens is 294 g/mol. The van der Waals surface area contributed by atoms with Crippen molar-refractivity contribution in [2.45, 2.75) is 53.0 Å². The minimum Gasteiger partial charge on any atom is -0.349 e. The highest BCUT2D eigenvalue weighted by Crippen LogP contribution is 2.44. The molecule has 2 nitrogen and oxygen atoms in total. The molecule has 1 saturated carbocycles. The molecule has 2 aliphatic rings. The molecule has 0 saturated heterocycles. The molecule has 0 aromatic carbocycles. The molecule has 24 heavy (non-hydrogen) atoms. The van der Waals surface area contributed by atoms with Gasteiger partial charge in [-0.1, -0.05) is 74.4 Å². The second-order valence-corrected chi connectivity index (χ2v) is 7.06. The van der Waals surface area contributed by atoms with Crippen molar-refractivity contribution in [2.24, 2.45) is 17.8 Å². The topological polar surface area (TPSA) is 29.1 Å². The summed E-state index contributed by atoms with van der Waals surface area (Å²) in [6.45, 7) is 12.6. The first kappa shape index (κ1) is 18.5. The van der Waals surface area contributed by atoms with Crippen LogP contribution in [0.1, 0.15) is 47.0 Å². The quantitative estimate of drug-likeness (QED) is 0.647. The molecule has 1 N–H and O–H groups in total. The molecule has 0 spiro atoms. The average Bonchev–Trinajstić information content (AvgIpc) is 2.79. The Bertz CT molecular complexity index is 603. The zero-order valence-electron chi connectivity index (χ0n) is 15.5. The molecule has 2 aliphatic carbocycles. The van der Waals surface area contributed by atoms with E-state index < -0.39 is 0 Å². The van der Waals surface area contributed by atoms with Gasteiger partial charge in [-0.05, 0) is 44.1 Å². The van der Waals surface area contributed by atoms with Crippen LogP contribution in [0.5, 0.6) is 0 Å². The number of amides is 1. The van der Waals surface area contributed by atoms with Crippen molar-refractivity contribution in [3.8, 4) is 0 Å². The molecule has 4 unspecified atom stereocenters. The van der Waals surface area contributed by atoms with Crippen molar-refractivity contribution >= 4 is 5.91 Å². The maximum atomic E-state index is 12.8. The van der Waals surface area contributed by atoms with Gasteiger partial charge in [0.2, 0.25) is 5.91 Å². The summed E-state index contributed by atoms with van der Waals surface area (Å²) < 4.78 is 0. The molecule has 2 heteroatoms. The van der Waals surface area contributed by atoms with E-state index in [1.807, 2.05) is 13.0 Å². The van der Waals surface area contributed by atoms with Crippen LogP contribution in [0, 0.1) is 17.8 Å². The summed E-state index contributed by atoms with van der Waals surface area (Å²) in [7, 11) is 0. The Hall–Kier alpha value is -1.83. The number of hydrogen-bond acceptors (Lipinski definition) is 1. The van der Waals surface area contributed by atoms with Gasteiger partial charge in [0.1, 0.15) is 0 Å². The number of nitrogens with one attached hydrogen (secondary N) is 1. The van der Waals surface area contributed by atoms with E-state index in [-0.39, 0.29) is 17.9 Å². The minimum atomic E-state index is -0.0425. The van der Waals surface area contributed by atoms with Gasteiger partial charge in [-0.25, -0.2) is 0 Å². The summed E-state index contributed by atoms with van der Waals surface area (Å²) in [5.74, 6) is 0.903. The molecule has 4 atom stereocenters. The zero-order valence-corrected chi connectivity index (χ0v) is 15.5. The number of carbonyl (C=O) groups excluding carboxylic acids is 1. The van der Waals surface area contributed by atoms with Crippen molar-refractivity contribution in [1.82, 2.24) is 5.32 Å². The van der Waals surface area contributed by atoms with E-state index in [4.69, 9.17) is 0 Å². The molecule has 2 rings (SSSR count). The Kier molecular flexibility index (Phi) is 6.42. The van der Waals surface area contributed by atoms with E-state index in [2.05, 4.69) is 63.0 Å². The van der Waals surface area contributed by atoms with Crippen LogP contribution in [-0.4, -0.2) is 11.9 Å². The van der Waals surface area contributed by atoms with Gasteiger partial charge < -0.3 is 5.32 Å². The van der Waals surface area contributed by atoms with Gasteiger partial charge in [0.25, 0.3) is 0 Å². The van der Waals surface area contributed by atoms with Crippen molar-refractivity contribution < 1.29 is 4.79 Å². The molecule has 1 fully saturated rings. The van der Waals surface area contributed by atoms with Crippen LogP contribution in [0.15, 0.2) is 59.8 Å². The third-order valence-corrected chi connectivity index (χ3v) is 5.36. The van der Waals surface area contributed by atoms with Crippen LogP contribution in [0.25, 0.3) is 0 Å². The standard InChI is InChI=1S/C22H31NO/c1-6-9-18(7-2)13-12-15(3)17(5)23-22(24)21-16(4)19-10-8-11-20(21)14-19/h7-8,10-13,16-17,20-21H,3,6,9,14H2,1-2,4-5H3,(H,23,24)/b13-12-,18-7-. The SMILES string of the molecule is C=C(/C=C\C(=C/C)CCC)C(C)NC(=O)C1C2C=CC=C(C2)C1C. The third kappa shape index (κ3) is 4.17. The Labute approximate surface area is 147 Å². The predicted octanol–water partition coefficient (Wildman–Crippen LogP) is 5.12. The van der Waals surface area contributed by atoms with E-state index in [1.54, 1.807) is 0 Å². The smallest absolute Gasteiger partial charge is 0.224 e. The van der Waals surface area contributed by atoms with Gasteiger partial charge in [-0.3, -0.25) is 4.79 Å². The highest BCUT2D eigenvalue weighted by Gasteiger charge is 2.41. The lowest BCUT2D eigenvalue weighted by molar-refractivity contribution is -0.126. The predicted molar refractivity (Wildman–Crippen MR) is 103 cm³/mol. The molecule has 0 aromatic rings. The first-order chi connectivity index (χ1) is 11.5. The molecule has 0 radical (unpaired) electrons. The summed E-state index contributed by atoms with van der Waals surface area (Å²) in [6, 6.07) is -0.0425.